The van der Waals surface area contributed by atoms with Gasteiger partial charge in [0.25, 0.3) is 5.56 Å². The summed E-state index contributed by atoms with van der Waals surface area (Å²) in [5.41, 5.74) is 0.496. The molecule has 27 heavy (non-hydrogen) atoms. The van der Waals surface area contributed by atoms with E-state index in [1.807, 2.05) is 30.3 Å². The molecule has 0 bridgehead atoms. The summed E-state index contributed by atoms with van der Waals surface area (Å²) in [6.45, 7) is 2.24. The van der Waals surface area contributed by atoms with E-state index in [4.69, 9.17) is 9.47 Å². The maximum absolute atomic E-state index is 12.3. The lowest BCUT2D eigenvalue weighted by atomic mass is 10.1. The number of aryl methyl sites for hydroxylation is 1. The highest BCUT2D eigenvalue weighted by atomic mass is 16.6. The number of fused-ring (bicyclic) bond motifs is 1. The number of aromatic nitrogens is 3. The lowest BCUT2D eigenvalue weighted by Gasteiger charge is -2.12. The minimum absolute atomic E-state index is 0.0939. The molecule has 0 aliphatic rings. The van der Waals surface area contributed by atoms with Crippen LogP contribution in [0.1, 0.15) is 21.6 Å². The monoisotopic (exact) mass is 369 g/mol. The van der Waals surface area contributed by atoms with Gasteiger partial charge in [-0.1, -0.05) is 30.3 Å². The van der Waals surface area contributed by atoms with Gasteiger partial charge in [0.15, 0.2) is 0 Å². The van der Waals surface area contributed by atoms with Crippen molar-refractivity contribution >= 4 is 17.0 Å². The van der Waals surface area contributed by atoms with Gasteiger partial charge in [-0.3, -0.25) is 14.3 Å². The summed E-state index contributed by atoms with van der Waals surface area (Å²) in [6.07, 6.45) is 0. The highest BCUT2D eigenvalue weighted by molar-refractivity contribution is 5.94. The number of pyridine rings is 1. The smallest absolute Gasteiger partial charge is 0.340 e. The zero-order chi connectivity index (χ0) is 19.4. The first kappa shape index (κ1) is 18.5. The van der Waals surface area contributed by atoms with Gasteiger partial charge in [0.1, 0.15) is 12.3 Å². The molecule has 3 aromatic rings. The van der Waals surface area contributed by atoms with Crippen molar-refractivity contribution in [1.29, 1.82) is 0 Å². The number of hydrogen-bond donors (Lipinski definition) is 1. The lowest BCUT2D eigenvalue weighted by Crippen LogP contribution is -2.31. The summed E-state index contributed by atoms with van der Waals surface area (Å²) in [7, 11) is 1.50. The van der Waals surface area contributed by atoms with Gasteiger partial charge in [-0.05, 0) is 18.6 Å². The van der Waals surface area contributed by atoms with Crippen LogP contribution < -0.4 is 11.2 Å². The summed E-state index contributed by atoms with van der Waals surface area (Å²) in [6, 6.07) is 10.8. The molecule has 0 saturated carbocycles. The number of methoxy groups -OCH3 is 1. The molecule has 1 aromatic carbocycles. The number of esters is 1. The third kappa shape index (κ3) is 3.95. The third-order valence-electron chi connectivity index (χ3n) is 4.08. The van der Waals surface area contributed by atoms with Crippen LogP contribution in [0, 0.1) is 6.92 Å². The molecule has 8 nitrogen and oxygen atoms in total. The molecule has 1 N–H and O–H groups in total. The normalized spacial score (nSPS) is 10.9. The molecule has 3 rings (SSSR count). The molecule has 0 unspecified atom stereocenters. The van der Waals surface area contributed by atoms with Crippen molar-refractivity contribution in [2.45, 2.75) is 13.5 Å². The number of ether oxygens (including phenoxy) is 2. The minimum atomic E-state index is -0.599. The SMILES string of the molecule is COCCOC(=O)c1cc2c(=O)[nH]c(=O)n(Cc3ccccc3)c2nc1C. The van der Waals surface area contributed by atoms with Gasteiger partial charge in [-0.15, -0.1) is 0 Å². The fourth-order valence-corrected chi connectivity index (χ4v) is 2.71. The predicted molar refractivity (Wildman–Crippen MR) is 99.1 cm³/mol. The fraction of sp³-hybridized carbons (Fsp3) is 0.263. The maximum Gasteiger partial charge on any atom is 0.340 e. The number of nitrogens with zero attached hydrogens (tertiary/aromatic N) is 2. The van der Waals surface area contributed by atoms with Crippen LogP contribution in [0.4, 0.5) is 0 Å². The van der Waals surface area contributed by atoms with Gasteiger partial charge in [-0.25, -0.2) is 14.6 Å². The largest absolute Gasteiger partial charge is 0.460 e. The van der Waals surface area contributed by atoms with Gasteiger partial charge in [0.05, 0.1) is 29.8 Å². The van der Waals surface area contributed by atoms with E-state index in [2.05, 4.69) is 9.97 Å². The number of nitrogens with one attached hydrogen (secondary N) is 1. The molecule has 0 radical (unpaired) electrons. The second-order valence-electron chi connectivity index (χ2n) is 5.95. The second-order valence-corrected chi connectivity index (χ2v) is 5.95. The number of H-pyrrole nitrogens is 1. The Labute approximate surface area is 154 Å². The van der Waals surface area contributed by atoms with Crippen molar-refractivity contribution in [1.82, 2.24) is 14.5 Å². The summed E-state index contributed by atoms with van der Waals surface area (Å²) < 4.78 is 11.3. The van der Waals surface area contributed by atoms with Crippen molar-refractivity contribution in [3.05, 3.63) is 74.1 Å². The van der Waals surface area contributed by atoms with E-state index in [1.54, 1.807) is 6.92 Å². The molecule has 140 valence electrons. The van der Waals surface area contributed by atoms with Gasteiger partial charge in [-0.2, -0.15) is 0 Å². The molecule has 2 heterocycles. The number of aromatic amines is 1. The molecule has 2 aromatic heterocycles. The van der Waals surface area contributed by atoms with Crippen molar-refractivity contribution in [3.8, 4) is 0 Å². The first-order chi connectivity index (χ1) is 13.0. The van der Waals surface area contributed by atoms with Crippen LogP contribution in [0.25, 0.3) is 11.0 Å². The molecule has 0 aliphatic carbocycles. The first-order valence-electron chi connectivity index (χ1n) is 8.35. The second kappa shape index (κ2) is 7.96. The highest BCUT2D eigenvalue weighted by Gasteiger charge is 2.17. The van der Waals surface area contributed by atoms with Crippen molar-refractivity contribution < 1.29 is 14.3 Å². The van der Waals surface area contributed by atoms with Crippen molar-refractivity contribution in [2.75, 3.05) is 20.3 Å². The number of carbonyl (C=O) groups excluding carboxylic acids is 1. The summed E-state index contributed by atoms with van der Waals surface area (Å²) in [5, 5.41) is 0.148. The molecule has 0 atom stereocenters. The Kier molecular flexibility index (Phi) is 5.46. The average Bonchev–Trinajstić information content (AvgIpc) is 2.65. The topological polar surface area (TPSA) is 103 Å². The average molecular weight is 369 g/mol. The van der Waals surface area contributed by atoms with Crippen molar-refractivity contribution in [3.63, 3.8) is 0 Å². The molecule has 8 heteroatoms. The fourth-order valence-electron chi connectivity index (χ4n) is 2.71. The number of carbonyl (C=O) groups is 1. The molecule has 0 saturated heterocycles. The lowest BCUT2D eigenvalue weighted by molar-refractivity contribution is 0.0387. The van der Waals surface area contributed by atoms with Gasteiger partial charge in [0, 0.05) is 7.11 Å². The standard InChI is InChI=1S/C19H19N3O5/c1-12-14(18(24)27-9-8-26-2)10-15-16(20-12)22(19(25)21-17(15)23)11-13-6-4-3-5-7-13/h3-7,10H,8-9,11H2,1-2H3,(H,21,23,25). The Hall–Kier alpha value is -3.26. The molecular weight excluding hydrogens is 350 g/mol. The van der Waals surface area contributed by atoms with Crippen LogP contribution >= 0.6 is 0 Å². The first-order valence-corrected chi connectivity index (χ1v) is 8.35. The van der Waals surface area contributed by atoms with E-state index in [0.29, 0.717) is 5.69 Å². The van der Waals surface area contributed by atoms with Crippen LogP contribution in [0.2, 0.25) is 0 Å². The van der Waals surface area contributed by atoms with E-state index in [0.717, 1.165) is 5.56 Å². The zero-order valence-electron chi connectivity index (χ0n) is 15.0. The van der Waals surface area contributed by atoms with E-state index in [9.17, 15) is 14.4 Å². The number of benzene rings is 1. The molecular formula is C19H19N3O5. The van der Waals surface area contributed by atoms with E-state index < -0.39 is 17.2 Å². The van der Waals surface area contributed by atoms with Gasteiger partial charge < -0.3 is 9.47 Å². The molecule has 0 spiro atoms. The van der Waals surface area contributed by atoms with Crippen LogP contribution in [-0.4, -0.2) is 40.8 Å². The molecule has 0 amide bonds. The Morgan fingerprint density at radius 1 is 1.19 bits per heavy atom. The zero-order valence-corrected chi connectivity index (χ0v) is 15.0. The van der Waals surface area contributed by atoms with Gasteiger partial charge in [0.2, 0.25) is 0 Å². The number of hydrogen-bond acceptors (Lipinski definition) is 6. The van der Waals surface area contributed by atoms with Crippen LogP contribution in [0.5, 0.6) is 0 Å². The summed E-state index contributed by atoms with van der Waals surface area (Å²) in [5.74, 6) is -0.598. The summed E-state index contributed by atoms with van der Waals surface area (Å²) in [4.78, 5) is 43.5. The molecule has 0 aliphatic heterocycles. The van der Waals surface area contributed by atoms with Crippen LogP contribution in [0.15, 0.2) is 46.0 Å². The molecule has 0 fully saturated rings. The summed E-state index contributed by atoms with van der Waals surface area (Å²) >= 11 is 0. The number of rotatable bonds is 6. The quantitative estimate of drug-likeness (QED) is 0.518. The Balaban J connectivity index is 2.08. The van der Waals surface area contributed by atoms with Crippen molar-refractivity contribution in [2.24, 2.45) is 0 Å². The Morgan fingerprint density at radius 2 is 1.93 bits per heavy atom. The predicted octanol–water partition coefficient (Wildman–Crippen LogP) is 1.24. The van der Waals surface area contributed by atoms with E-state index >= 15 is 0 Å². The Morgan fingerprint density at radius 3 is 2.63 bits per heavy atom. The van der Waals surface area contributed by atoms with Gasteiger partial charge >= 0.3 is 11.7 Å². The minimum Gasteiger partial charge on any atom is -0.460 e. The third-order valence-corrected chi connectivity index (χ3v) is 4.08. The Bertz CT molecular complexity index is 1090. The maximum atomic E-state index is 12.3. The highest BCUT2D eigenvalue weighted by Crippen LogP contribution is 2.14. The van der Waals surface area contributed by atoms with Crippen LogP contribution in [-0.2, 0) is 16.0 Å². The van der Waals surface area contributed by atoms with Crippen LogP contribution in [0.3, 0.4) is 0 Å². The van der Waals surface area contributed by atoms with E-state index in [1.165, 1.54) is 17.7 Å². The van der Waals surface area contributed by atoms with E-state index in [-0.39, 0.29) is 36.4 Å².